The van der Waals surface area contributed by atoms with E-state index in [4.69, 9.17) is 4.98 Å². The molecule has 30 heavy (non-hydrogen) atoms. The van der Waals surface area contributed by atoms with Crippen LogP contribution in [0.1, 0.15) is 21.7 Å². The molecular weight excluding hydrogens is 372 g/mol. The second-order valence-corrected chi connectivity index (χ2v) is 7.17. The van der Waals surface area contributed by atoms with Gasteiger partial charge in [-0.15, -0.1) is 0 Å². The molecule has 5 aromatic rings. The van der Waals surface area contributed by atoms with E-state index >= 15 is 0 Å². The Morgan fingerprint density at radius 1 is 0.900 bits per heavy atom. The zero-order valence-electron chi connectivity index (χ0n) is 16.3. The third kappa shape index (κ3) is 3.42. The van der Waals surface area contributed by atoms with E-state index in [2.05, 4.69) is 63.4 Å². The van der Waals surface area contributed by atoms with E-state index in [0.29, 0.717) is 18.7 Å². The van der Waals surface area contributed by atoms with Gasteiger partial charge in [-0.05, 0) is 40.6 Å². The number of carbonyl (C=O) groups excluding carboxylic acids is 1. The second kappa shape index (κ2) is 7.79. The fourth-order valence-electron chi connectivity index (χ4n) is 3.80. The quantitative estimate of drug-likeness (QED) is 0.477. The number of nitrogens with zero attached hydrogens (tertiary/aromatic N) is 3. The Morgan fingerprint density at radius 2 is 1.73 bits per heavy atom. The highest BCUT2D eigenvalue weighted by Crippen LogP contribution is 2.23. The van der Waals surface area contributed by atoms with Gasteiger partial charge < -0.3 is 9.88 Å². The maximum absolute atomic E-state index is 12.5. The van der Waals surface area contributed by atoms with Crippen molar-refractivity contribution in [3.8, 4) is 0 Å². The van der Waals surface area contributed by atoms with Crippen LogP contribution in [0.2, 0.25) is 0 Å². The van der Waals surface area contributed by atoms with Crippen molar-refractivity contribution in [2.24, 2.45) is 0 Å². The first-order chi connectivity index (χ1) is 14.8. The van der Waals surface area contributed by atoms with Crippen LogP contribution in [0.15, 0.2) is 91.3 Å². The number of imidazole rings is 1. The molecule has 5 nitrogen and oxygen atoms in total. The molecule has 5 rings (SSSR count). The number of hydrogen-bond acceptors (Lipinski definition) is 3. The number of aromatic nitrogens is 3. The summed E-state index contributed by atoms with van der Waals surface area (Å²) in [7, 11) is 0. The van der Waals surface area contributed by atoms with Crippen molar-refractivity contribution < 1.29 is 4.79 Å². The molecule has 0 radical (unpaired) electrons. The van der Waals surface area contributed by atoms with E-state index in [1.54, 1.807) is 24.5 Å². The average Bonchev–Trinajstić information content (AvgIpc) is 3.15. The SMILES string of the molecule is O=C(NCc1nc2ccccc2n1Cc1cccc2ccccc12)c1cccnc1. The smallest absolute Gasteiger partial charge is 0.253 e. The number of benzene rings is 3. The van der Waals surface area contributed by atoms with Gasteiger partial charge in [-0.1, -0.05) is 54.6 Å². The molecule has 0 fully saturated rings. The molecule has 0 saturated carbocycles. The molecule has 5 heteroatoms. The molecule has 0 atom stereocenters. The number of hydrogen-bond donors (Lipinski definition) is 1. The highest BCUT2D eigenvalue weighted by Gasteiger charge is 2.14. The summed E-state index contributed by atoms with van der Waals surface area (Å²) in [5.41, 5.74) is 3.73. The van der Waals surface area contributed by atoms with E-state index < -0.39 is 0 Å². The van der Waals surface area contributed by atoms with Gasteiger partial charge in [-0.2, -0.15) is 0 Å². The monoisotopic (exact) mass is 392 g/mol. The van der Waals surface area contributed by atoms with Gasteiger partial charge in [-0.25, -0.2) is 4.98 Å². The topological polar surface area (TPSA) is 59.8 Å². The molecule has 0 spiro atoms. The Kier molecular flexibility index (Phi) is 4.69. The number of rotatable bonds is 5. The van der Waals surface area contributed by atoms with Crippen molar-refractivity contribution in [1.82, 2.24) is 19.9 Å². The number of carbonyl (C=O) groups is 1. The molecule has 2 heterocycles. The fourth-order valence-corrected chi connectivity index (χ4v) is 3.80. The summed E-state index contributed by atoms with van der Waals surface area (Å²) in [5, 5.41) is 5.42. The van der Waals surface area contributed by atoms with Gasteiger partial charge in [0.1, 0.15) is 5.82 Å². The van der Waals surface area contributed by atoms with Crippen LogP contribution in [0.4, 0.5) is 0 Å². The fraction of sp³-hybridized carbons (Fsp3) is 0.0800. The van der Waals surface area contributed by atoms with E-state index in [1.165, 1.54) is 16.3 Å². The normalized spacial score (nSPS) is 11.1. The Balaban J connectivity index is 1.50. The minimum atomic E-state index is -0.160. The van der Waals surface area contributed by atoms with Gasteiger partial charge in [0.15, 0.2) is 0 Å². The Morgan fingerprint density at radius 3 is 2.63 bits per heavy atom. The zero-order chi connectivity index (χ0) is 20.3. The molecule has 0 saturated heterocycles. The Hall–Kier alpha value is -3.99. The number of para-hydroxylation sites is 2. The number of amides is 1. The van der Waals surface area contributed by atoms with Crippen LogP contribution >= 0.6 is 0 Å². The first-order valence-corrected chi connectivity index (χ1v) is 9.88. The van der Waals surface area contributed by atoms with Crippen molar-refractivity contribution >= 4 is 27.7 Å². The first kappa shape index (κ1) is 18.1. The lowest BCUT2D eigenvalue weighted by Gasteiger charge is -2.12. The lowest BCUT2D eigenvalue weighted by atomic mass is 10.0. The third-order valence-corrected chi connectivity index (χ3v) is 5.27. The van der Waals surface area contributed by atoms with Gasteiger partial charge in [0, 0.05) is 12.4 Å². The lowest BCUT2D eigenvalue weighted by Crippen LogP contribution is -2.25. The molecule has 1 amide bonds. The van der Waals surface area contributed by atoms with Gasteiger partial charge in [0.05, 0.1) is 29.7 Å². The molecule has 0 unspecified atom stereocenters. The van der Waals surface area contributed by atoms with E-state index in [0.717, 1.165) is 16.9 Å². The number of fused-ring (bicyclic) bond motifs is 2. The van der Waals surface area contributed by atoms with Crippen LogP contribution < -0.4 is 5.32 Å². The molecule has 1 N–H and O–H groups in total. The zero-order valence-corrected chi connectivity index (χ0v) is 16.3. The van der Waals surface area contributed by atoms with E-state index in [9.17, 15) is 4.79 Å². The molecule has 0 aliphatic rings. The summed E-state index contributed by atoms with van der Waals surface area (Å²) in [5.74, 6) is 0.660. The second-order valence-electron chi connectivity index (χ2n) is 7.17. The maximum Gasteiger partial charge on any atom is 0.253 e. The highest BCUT2D eigenvalue weighted by molar-refractivity contribution is 5.93. The molecule has 2 aromatic heterocycles. The summed E-state index contributed by atoms with van der Waals surface area (Å²) >= 11 is 0. The van der Waals surface area contributed by atoms with Crippen molar-refractivity contribution in [3.05, 3.63) is 108 Å². The molecular formula is C25H20N4O. The van der Waals surface area contributed by atoms with Gasteiger partial charge in [0.2, 0.25) is 0 Å². The maximum atomic E-state index is 12.5. The first-order valence-electron chi connectivity index (χ1n) is 9.88. The summed E-state index contributed by atoms with van der Waals surface area (Å²) in [6.07, 6.45) is 3.22. The minimum absolute atomic E-state index is 0.160. The van der Waals surface area contributed by atoms with E-state index in [-0.39, 0.29) is 5.91 Å². The summed E-state index contributed by atoms with van der Waals surface area (Å²) < 4.78 is 2.18. The van der Waals surface area contributed by atoms with Gasteiger partial charge in [0.25, 0.3) is 5.91 Å². The predicted molar refractivity (Wildman–Crippen MR) is 118 cm³/mol. The summed E-state index contributed by atoms with van der Waals surface area (Å²) in [4.78, 5) is 21.3. The number of pyridine rings is 1. The summed E-state index contributed by atoms with van der Waals surface area (Å²) in [6, 6.07) is 26.3. The summed E-state index contributed by atoms with van der Waals surface area (Å²) in [6.45, 7) is 1.02. The van der Waals surface area contributed by atoms with Crippen LogP contribution in [-0.4, -0.2) is 20.4 Å². The number of nitrogens with one attached hydrogen (secondary N) is 1. The van der Waals surface area contributed by atoms with E-state index in [1.807, 2.05) is 18.2 Å². The largest absolute Gasteiger partial charge is 0.345 e. The van der Waals surface area contributed by atoms with Crippen LogP contribution in [0.3, 0.4) is 0 Å². The molecule has 0 bridgehead atoms. The van der Waals surface area contributed by atoms with Crippen LogP contribution in [0.25, 0.3) is 21.8 Å². The minimum Gasteiger partial charge on any atom is -0.345 e. The molecule has 0 aliphatic carbocycles. The van der Waals surface area contributed by atoms with Gasteiger partial charge >= 0.3 is 0 Å². The average molecular weight is 392 g/mol. The van der Waals surface area contributed by atoms with Gasteiger partial charge in [-0.3, -0.25) is 9.78 Å². The van der Waals surface area contributed by atoms with Crippen molar-refractivity contribution in [2.45, 2.75) is 13.1 Å². The van der Waals surface area contributed by atoms with Crippen molar-refractivity contribution in [2.75, 3.05) is 0 Å². The lowest BCUT2D eigenvalue weighted by molar-refractivity contribution is 0.0949. The highest BCUT2D eigenvalue weighted by atomic mass is 16.1. The predicted octanol–water partition coefficient (Wildman–Crippen LogP) is 4.56. The molecule has 3 aromatic carbocycles. The van der Waals surface area contributed by atoms with Crippen molar-refractivity contribution in [3.63, 3.8) is 0 Å². The van der Waals surface area contributed by atoms with Crippen LogP contribution in [-0.2, 0) is 13.1 Å². The Labute approximate surface area is 174 Å². The third-order valence-electron chi connectivity index (χ3n) is 5.27. The standard InChI is InChI=1S/C25H20N4O/c30-25(19-10-6-14-26-15-19)27-16-24-28-22-12-3-4-13-23(22)29(24)17-20-9-5-8-18-7-1-2-11-21(18)20/h1-15H,16-17H2,(H,27,30). The van der Waals surface area contributed by atoms with Crippen molar-refractivity contribution in [1.29, 1.82) is 0 Å². The molecule has 0 aliphatic heterocycles. The molecule has 146 valence electrons. The van der Waals surface area contributed by atoms with Crippen LogP contribution in [0.5, 0.6) is 0 Å². The Bertz CT molecular complexity index is 1340. The van der Waals surface area contributed by atoms with Crippen LogP contribution in [0, 0.1) is 0 Å².